The number of carbonyl (C=O) groups excluding carboxylic acids is 1. The van der Waals surface area contributed by atoms with Crippen molar-refractivity contribution in [1.29, 1.82) is 0 Å². The van der Waals surface area contributed by atoms with Crippen molar-refractivity contribution in [2.75, 3.05) is 0 Å². The van der Waals surface area contributed by atoms with E-state index in [2.05, 4.69) is 23.5 Å². The molecule has 1 N–H and O–H groups in total. The Morgan fingerprint density at radius 3 is 2.89 bits per heavy atom. The fourth-order valence-corrected chi connectivity index (χ4v) is 4.18. The molecular weight excluding hydrogens is 274 g/mol. The van der Waals surface area contributed by atoms with E-state index >= 15 is 0 Å². The maximum absolute atomic E-state index is 12.3. The molecule has 0 spiro atoms. The molecule has 0 fully saturated rings. The van der Waals surface area contributed by atoms with E-state index in [4.69, 9.17) is 0 Å². The van der Waals surface area contributed by atoms with Crippen molar-refractivity contribution >= 4 is 29.0 Å². The Hall–Kier alpha value is -1.26. The molecule has 1 aliphatic rings. The Labute approximate surface area is 121 Å². The first kappa shape index (κ1) is 12.8. The van der Waals surface area contributed by atoms with Gasteiger partial charge in [-0.3, -0.25) is 4.79 Å². The lowest BCUT2D eigenvalue weighted by Gasteiger charge is -2.15. The van der Waals surface area contributed by atoms with Gasteiger partial charge in [-0.2, -0.15) is 0 Å². The normalized spacial score (nSPS) is 18.9. The molecule has 2 aromatic rings. The van der Waals surface area contributed by atoms with Crippen molar-refractivity contribution in [2.45, 2.75) is 29.5 Å². The third-order valence-corrected chi connectivity index (χ3v) is 5.64. The van der Waals surface area contributed by atoms with Gasteiger partial charge in [0.25, 0.3) is 0 Å². The molecule has 0 aliphatic carbocycles. The van der Waals surface area contributed by atoms with Crippen molar-refractivity contribution in [3.8, 4) is 0 Å². The maximum atomic E-state index is 12.3. The van der Waals surface area contributed by atoms with Gasteiger partial charge < -0.3 is 5.32 Å². The van der Waals surface area contributed by atoms with Crippen LogP contribution in [0.1, 0.15) is 23.4 Å². The molecule has 0 unspecified atom stereocenters. The Balaban J connectivity index is 1.64. The molecule has 98 valence electrons. The molecule has 4 heteroatoms. The summed E-state index contributed by atoms with van der Waals surface area (Å²) in [6.07, 6.45) is 0.837. The largest absolute Gasteiger partial charge is 0.348 e. The number of hydrogen-bond donors (Lipinski definition) is 1. The van der Waals surface area contributed by atoms with E-state index in [1.807, 2.05) is 30.5 Å². The number of benzene rings is 1. The number of hydrogen-bond acceptors (Lipinski definition) is 3. The van der Waals surface area contributed by atoms with Gasteiger partial charge in [-0.1, -0.05) is 24.3 Å². The SMILES string of the molecule is C[C@H](NC(=O)[C@@H]1Cc2ccccc2S1)c1cccs1. The van der Waals surface area contributed by atoms with Crippen LogP contribution in [-0.2, 0) is 11.2 Å². The molecule has 0 saturated heterocycles. The summed E-state index contributed by atoms with van der Waals surface area (Å²) in [6, 6.07) is 12.4. The molecule has 2 nitrogen and oxygen atoms in total. The van der Waals surface area contributed by atoms with Crippen LogP contribution < -0.4 is 5.32 Å². The van der Waals surface area contributed by atoms with Crippen LogP contribution in [0.4, 0.5) is 0 Å². The summed E-state index contributed by atoms with van der Waals surface area (Å²) >= 11 is 3.36. The first-order chi connectivity index (χ1) is 9.24. The number of nitrogens with one attached hydrogen (secondary N) is 1. The minimum absolute atomic E-state index is 0.0137. The van der Waals surface area contributed by atoms with Crippen LogP contribution >= 0.6 is 23.1 Å². The van der Waals surface area contributed by atoms with Crippen molar-refractivity contribution in [3.05, 3.63) is 52.2 Å². The summed E-state index contributed by atoms with van der Waals surface area (Å²) in [7, 11) is 0. The molecule has 1 aromatic carbocycles. The Kier molecular flexibility index (Phi) is 3.62. The first-order valence-electron chi connectivity index (χ1n) is 6.32. The standard InChI is InChI=1S/C15H15NOS2/c1-10(12-7-4-8-18-12)16-15(17)14-9-11-5-2-3-6-13(11)19-14/h2-8,10,14H,9H2,1H3,(H,16,17)/t10-,14-/m0/s1. The molecule has 1 amide bonds. The van der Waals surface area contributed by atoms with Gasteiger partial charge >= 0.3 is 0 Å². The van der Waals surface area contributed by atoms with E-state index in [1.165, 1.54) is 15.3 Å². The summed E-state index contributed by atoms with van der Waals surface area (Å²) < 4.78 is 0. The second-order valence-corrected chi connectivity index (χ2v) is 6.89. The number of amides is 1. The van der Waals surface area contributed by atoms with Crippen molar-refractivity contribution in [3.63, 3.8) is 0 Å². The van der Waals surface area contributed by atoms with Crippen LogP contribution in [0.3, 0.4) is 0 Å². The van der Waals surface area contributed by atoms with Gasteiger partial charge in [0, 0.05) is 9.77 Å². The van der Waals surface area contributed by atoms with Gasteiger partial charge in [0.15, 0.2) is 0 Å². The minimum atomic E-state index is 0.0137. The van der Waals surface area contributed by atoms with Gasteiger partial charge in [-0.05, 0) is 36.4 Å². The summed E-state index contributed by atoms with van der Waals surface area (Å²) in [5.41, 5.74) is 1.29. The van der Waals surface area contributed by atoms with E-state index in [1.54, 1.807) is 23.1 Å². The quantitative estimate of drug-likeness (QED) is 0.934. The molecule has 1 aliphatic heterocycles. The Morgan fingerprint density at radius 1 is 1.32 bits per heavy atom. The van der Waals surface area contributed by atoms with Crippen LogP contribution in [-0.4, -0.2) is 11.2 Å². The van der Waals surface area contributed by atoms with Gasteiger partial charge in [0.05, 0.1) is 11.3 Å². The fourth-order valence-electron chi connectivity index (χ4n) is 2.24. The van der Waals surface area contributed by atoms with E-state index in [0.717, 1.165) is 6.42 Å². The lowest BCUT2D eigenvalue weighted by atomic mass is 10.1. The highest BCUT2D eigenvalue weighted by Gasteiger charge is 2.28. The number of thiophene rings is 1. The highest BCUT2D eigenvalue weighted by molar-refractivity contribution is 8.01. The summed E-state index contributed by atoms with van der Waals surface area (Å²) in [4.78, 5) is 14.7. The molecule has 1 aromatic heterocycles. The Morgan fingerprint density at radius 2 is 2.16 bits per heavy atom. The number of rotatable bonds is 3. The van der Waals surface area contributed by atoms with Gasteiger partial charge in [-0.25, -0.2) is 0 Å². The summed E-state index contributed by atoms with van der Waals surface area (Å²) in [6.45, 7) is 2.04. The van der Waals surface area contributed by atoms with Crippen LogP contribution in [0.25, 0.3) is 0 Å². The smallest absolute Gasteiger partial charge is 0.234 e. The maximum Gasteiger partial charge on any atom is 0.234 e. The average Bonchev–Trinajstić information content (AvgIpc) is 3.07. The van der Waals surface area contributed by atoms with Crippen LogP contribution in [0.15, 0.2) is 46.7 Å². The van der Waals surface area contributed by atoms with Crippen LogP contribution in [0.2, 0.25) is 0 Å². The zero-order valence-corrected chi connectivity index (χ0v) is 12.3. The molecular formula is C15H15NOS2. The summed E-state index contributed by atoms with van der Waals surface area (Å²) in [5, 5.41) is 5.16. The van der Waals surface area contributed by atoms with Crippen molar-refractivity contribution < 1.29 is 4.79 Å². The highest BCUT2D eigenvalue weighted by atomic mass is 32.2. The number of thioether (sulfide) groups is 1. The monoisotopic (exact) mass is 289 g/mol. The third kappa shape index (κ3) is 2.69. The van der Waals surface area contributed by atoms with Gasteiger partial charge in [0.1, 0.15) is 0 Å². The third-order valence-electron chi connectivity index (χ3n) is 3.27. The lowest BCUT2D eigenvalue weighted by Crippen LogP contribution is -2.34. The molecule has 19 heavy (non-hydrogen) atoms. The first-order valence-corrected chi connectivity index (χ1v) is 8.08. The zero-order chi connectivity index (χ0) is 13.2. The predicted molar refractivity (Wildman–Crippen MR) is 80.7 cm³/mol. The fraction of sp³-hybridized carbons (Fsp3) is 0.267. The lowest BCUT2D eigenvalue weighted by molar-refractivity contribution is -0.121. The number of carbonyl (C=O) groups is 1. The van der Waals surface area contributed by atoms with E-state index in [9.17, 15) is 4.79 Å². The van der Waals surface area contributed by atoms with Crippen molar-refractivity contribution in [1.82, 2.24) is 5.32 Å². The van der Waals surface area contributed by atoms with Gasteiger partial charge in [0.2, 0.25) is 5.91 Å². The molecule has 3 rings (SSSR count). The molecule has 0 radical (unpaired) electrons. The Bertz CT molecular complexity index is 555. The second-order valence-electron chi connectivity index (χ2n) is 4.66. The molecule has 0 bridgehead atoms. The molecule has 2 heterocycles. The van der Waals surface area contributed by atoms with E-state index in [-0.39, 0.29) is 17.2 Å². The number of fused-ring (bicyclic) bond motifs is 1. The highest BCUT2D eigenvalue weighted by Crippen LogP contribution is 2.37. The van der Waals surface area contributed by atoms with Crippen LogP contribution in [0.5, 0.6) is 0 Å². The summed E-state index contributed by atoms with van der Waals surface area (Å²) in [5.74, 6) is 0.141. The van der Waals surface area contributed by atoms with Gasteiger partial charge in [-0.15, -0.1) is 23.1 Å². The minimum Gasteiger partial charge on any atom is -0.348 e. The van der Waals surface area contributed by atoms with E-state index in [0.29, 0.717) is 0 Å². The van der Waals surface area contributed by atoms with Crippen LogP contribution in [0, 0.1) is 0 Å². The average molecular weight is 289 g/mol. The molecule has 2 atom stereocenters. The zero-order valence-electron chi connectivity index (χ0n) is 10.6. The second kappa shape index (κ2) is 5.39. The predicted octanol–water partition coefficient (Wildman–Crippen LogP) is 3.64. The molecule has 0 saturated carbocycles. The van der Waals surface area contributed by atoms with Crippen molar-refractivity contribution in [2.24, 2.45) is 0 Å². The topological polar surface area (TPSA) is 29.1 Å². The van der Waals surface area contributed by atoms with E-state index < -0.39 is 0 Å².